The minimum atomic E-state index is 0.688. The first-order chi connectivity index (χ1) is 8.25. The molecule has 0 saturated heterocycles. The highest BCUT2D eigenvalue weighted by atomic mass is 35.5. The van der Waals surface area contributed by atoms with Crippen LogP contribution in [0.2, 0.25) is 5.02 Å². The van der Waals surface area contributed by atoms with Crippen LogP contribution in [0.25, 0.3) is 5.69 Å². The van der Waals surface area contributed by atoms with Gasteiger partial charge in [0.15, 0.2) is 0 Å². The third kappa shape index (κ3) is 1.79. The molecule has 4 nitrogen and oxygen atoms in total. The highest BCUT2D eigenvalue weighted by Crippen LogP contribution is 2.24. The summed E-state index contributed by atoms with van der Waals surface area (Å²) in [6.45, 7) is 1.74. The summed E-state index contributed by atoms with van der Waals surface area (Å²) in [6, 6.07) is 7.56. The van der Waals surface area contributed by atoms with E-state index in [1.807, 2.05) is 24.3 Å². The number of nitrogens with one attached hydrogen (secondary N) is 1. The molecule has 0 bridgehead atoms. The van der Waals surface area contributed by atoms with E-state index in [1.165, 1.54) is 0 Å². The molecule has 0 aliphatic carbocycles. The summed E-state index contributed by atoms with van der Waals surface area (Å²) in [7, 11) is 0. The molecule has 0 amide bonds. The molecule has 0 saturated carbocycles. The van der Waals surface area contributed by atoms with Crippen molar-refractivity contribution in [2.75, 3.05) is 12.3 Å². The van der Waals surface area contributed by atoms with E-state index in [4.69, 9.17) is 17.3 Å². The predicted octanol–water partition coefficient (Wildman–Crippen LogP) is 1.75. The lowest BCUT2D eigenvalue weighted by atomic mass is 10.1. The zero-order valence-corrected chi connectivity index (χ0v) is 10.0. The Balaban J connectivity index is 2.12. The molecule has 3 N–H and O–H groups in total. The number of aromatic nitrogens is 2. The quantitative estimate of drug-likeness (QED) is 0.809. The Bertz CT molecular complexity index is 562. The van der Waals surface area contributed by atoms with Gasteiger partial charge in [0.1, 0.15) is 5.82 Å². The van der Waals surface area contributed by atoms with Crippen molar-refractivity contribution in [3.63, 3.8) is 0 Å². The molecule has 0 unspecified atom stereocenters. The molecular weight excluding hydrogens is 236 g/mol. The molecule has 3 rings (SSSR count). The first-order valence-electron chi connectivity index (χ1n) is 5.58. The molecule has 2 aromatic rings. The fourth-order valence-electron chi connectivity index (χ4n) is 2.15. The summed E-state index contributed by atoms with van der Waals surface area (Å²) in [5.41, 5.74) is 9.23. The second-order valence-electron chi connectivity index (χ2n) is 4.13. The molecule has 0 spiro atoms. The third-order valence-electron chi connectivity index (χ3n) is 3.00. The molecule has 1 aromatic heterocycles. The molecule has 88 valence electrons. The van der Waals surface area contributed by atoms with Crippen molar-refractivity contribution in [2.24, 2.45) is 0 Å². The van der Waals surface area contributed by atoms with Crippen molar-refractivity contribution in [3.8, 4) is 5.69 Å². The Labute approximate surface area is 104 Å². The van der Waals surface area contributed by atoms with Gasteiger partial charge in [-0.15, -0.1) is 0 Å². The first-order valence-corrected chi connectivity index (χ1v) is 5.96. The monoisotopic (exact) mass is 248 g/mol. The van der Waals surface area contributed by atoms with Crippen LogP contribution in [-0.4, -0.2) is 16.3 Å². The largest absolute Gasteiger partial charge is 0.383 e. The molecule has 1 aromatic carbocycles. The van der Waals surface area contributed by atoms with Gasteiger partial charge in [-0.05, 0) is 31.2 Å². The van der Waals surface area contributed by atoms with Crippen LogP contribution in [0.1, 0.15) is 11.3 Å². The lowest BCUT2D eigenvalue weighted by Gasteiger charge is -2.10. The summed E-state index contributed by atoms with van der Waals surface area (Å²) in [4.78, 5) is 0. The van der Waals surface area contributed by atoms with Crippen LogP contribution < -0.4 is 11.1 Å². The number of nitrogen functional groups attached to an aromatic ring is 1. The number of rotatable bonds is 1. The zero-order valence-electron chi connectivity index (χ0n) is 9.28. The van der Waals surface area contributed by atoms with Gasteiger partial charge in [-0.25, -0.2) is 4.68 Å². The number of nitrogens with two attached hydrogens (primary N) is 1. The van der Waals surface area contributed by atoms with Gasteiger partial charge in [0.25, 0.3) is 0 Å². The number of halogens is 1. The van der Waals surface area contributed by atoms with Crippen molar-refractivity contribution >= 4 is 17.4 Å². The number of fused-ring (bicyclic) bond motifs is 1. The number of benzene rings is 1. The molecular formula is C12H13ClN4. The Kier molecular flexibility index (Phi) is 2.53. The standard InChI is InChI=1S/C12H13ClN4/c13-8-2-1-3-9(6-8)17-12(14)10-4-5-15-7-11(10)16-17/h1-3,6,15H,4-5,7,14H2. The van der Waals surface area contributed by atoms with E-state index in [9.17, 15) is 0 Å². The minimum Gasteiger partial charge on any atom is -0.383 e. The second-order valence-corrected chi connectivity index (χ2v) is 4.57. The average molecular weight is 249 g/mol. The Morgan fingerprint density at radius 1 is 1.41 bits per heavy atom. The molecule has 17 heavy (non-hydrogen) atoms. The SMILES string of the molecule is Nc1c2c(nn1-c1cccc(Cl)c1)CNCC2. The fraction of sp³-hybridized carbons (Fsp3) is 0.250. The third-order valence-corrected chi connectivity index (χ3v) is 3.24. The summed E-state index contributed by atoms with van der Waals surface area (Å²) < 4.78 is 1.77. The van der Waals surface area contributed by atoms with Crippen LogP contribution >= 0.6 is 11.6 Å². The van der Waals surface area contributed by atoms with E-state index in [0.717, 1.165) is 42.3 Å². The highest BCUT2D eigenvalue weighted by molar-refractivity contribution is 6.30. The van der Waals surface area contributed by atoms with Crippen molar-refractivity contribution in [2.45, 2.75) is 13.0 Å². The van der Waals surface area contributed by atoms with Crippen molar-refractivity contribution in [1.29, 1.82) is 0 Å². The molecule has 0 radical (unpaired) electrons. The van der Waals surface area contributed by atoms with Gasteiger partial charge in [0.2, 0.25) is 0 Å². The van der Waals surface area contributed by atoms with Crippen molar-refractivity contribution in [3.05, 3.63) is 40.5 Å². The van der Waals surface area contributed by atoms with Crippen LogP contribution in [0.15, 0.2) is 24.3 Å². The number of hydrogen-bond donors (Lipinski definition) is 2. The maximum Gasteiger partial charge on any atom is 0.130 e. The fourth-order valence-corrected chi connectivity index (χ4v) is 2.33. The summed E-state index contributed by atoms with van der Waals surface area (Å²) >= 11 is 5.98. The topological polar surface area (TPSA) is 55.9 Å². The van der Waals surface area contributed by atoms with E-state index in [1.54, 1.807) is 4.68 Å². The predicted molar refractivity (Wildman–Crippen MR) is 68.4 cm³/mol. The summed E-state index contributed by atoms with van der Waals surface area (Å²) in [5.74, 6) is 0.726. The normalized spacial score (nSPS) is 14.6. The van der Waals surface area contributed by atoms with Gasteiger partial charge in [0.05, 0.1) is 11.4 Å². The van der Waals surface area contributed by atoms with Gasteiger partial charge in [-0.3, -0.25) is 0 Å². The molecule has 0 fully saturated rings. The number of hydrogen-bond acceptors (Lipinski definition) is 3. The first kappa shape index (κ1) is 10.6. The summed E-state index contributed by atoms with van der Waals surface area (Å²) in [5, 5.41) is 8.51. The maximum absolute atomic E-state index is 6.14. The Morgan fingerprint density at radius 3 is 3.06 bits per heavy atom. The van der Waals surface area contributed by atoms with Gasteiger partial charge in [-0.2, -0.15) is 5.10 Å². The minimum absolute atomic E-state index is 0.688. The van der Waals surface area contributed by atoms with Gasteiger partial charge >= 0.3 is 0 Å². The van der Waals surface area contributed by atoms with Crippen LogP contribution in [-0.2, 0) is 13.0 Å². The molecule has 1 aliphatic rings. The van der Waals surface area contributed by atoms with E-state index >= 15 is 0 Å². The van der Waals surface area contributed by atoms with Crippen LogP contribution in [0.3, 0.4) is 0 Å². The van der Waals surface area contributed by atoms with Crippen LogP contribution in [0, 0.1) is 0 Å². The lowest BCUT2D eigenvalue weighted by molar-refractivity contribution is 0.629. The average Bonchev–Trinajstić information content (AvgIpc) is 2.68. The molecule has 5 heteroatoms. The molecule has 0 atom stereocenters. The molecule has 1 aliphatic heterocycles. The second kappa shape index (κ2) is 4.05. The van der Waals surface area contributed by atoms with Crippen molar-refractivity contribution in [1.82, 2.24) is 15.1 Å². The van der Waals surface area contributed by atoms with Crippen molar-refractivity contribution < 1.29 is 0 Å². The van der Waals surface area contributed by atoms with Gasteiger partial charge in [0, 0.05) is 17.1 Å². The van der Waals surface area contributed by atoms with E-state index in [0.29, 0.717) is 5.02 Å². The van der Waals surface area contributed by atoms with Crippen LogP contribution in [0.4, 0.5) is 5.82 Å². The van der Waals surface area contributed by atoms with E-state index < -0.39 is 0 Å². The van der Waals surface area contributed by atoms with Crippen LogP contribution in [0.5, 0.6) is 0 Å². The van der Waals surface area contributed by atoms with Gasteiger partial charge in [-0.1, -0.05) is 17.7 Å². The zero-order chi connectivity index (χ0) is 11.8. The molecule has 2 heterocycles. The Hall–Kier alpha value is -1.52. The van der Waals surface area contributed by atoms with Gasteiger partial charge < -0.3 is 11.1 Å². The maximum atomic E-state index is 6.14. The van der Waals surface area contributed by atoms with E-state index in [-0.39, 0.29) is 0 Å². The smallest absolute Gasteiger partial charge is 0.130 e. The lowest BCUT2D eigenvalue weighted by Crippen LogP contribution is -2.23. The number of nitrogens with zero attached hydrogens (tertiary/aromatic N) is 2. The van der Waals surface area contributed by atoms with E-state index in [2.05, 4.69) is 10.4 Å². The summed E-state index contributed by atoms with van der Waals surface area (Å²) in [6.07, 6.45) is 0.932. The Morgan fingerprint density at radius 2 is 2.29 bits per heavy atom. The number of anilines is 1. The highest BCUT2D eigenvalue weighted by Gasteiger charge is 2.18.